The van der Waals surface area contributed by atoms with Crippen LogP contribution in [0, 0.1) is 18.6 Å². The van der Waals surface area contributed by atoms with Gasteiger partial charge in [-0.2, -0.15) is 0 Å². The van der Waals surface area contributed by atoms with E-state index in [2.05, 4.69) is 15.5 Å². The molecule has 6 nitrogen and oxygen atoms in total. The highest BCUT2D eigenvalue weighted by molar-refractivity contribution is 6.00. The van der Waals surface area contributed by atoms with Crippen molar-refractivity contribution in [2.75, 3.05) is 5.32 Å². The monoisotopic (exact) mass is 407 g/mol. The molecule has 30 heavy (non-hydrogen) atoms. The van der Waals surface area contributed by atoms with Crippen molar-refractivity contribution >= 4 is 22.5 Å². The number of carbonyl (C=O) groups excluding carboxylic acids is 1. The van der Waals surface area contributed by atoms with E-state index in [1.807, 2.05) is 13.8 Å². The lowest BCUT2D eigenvalue weighted by Gasteiger charge is -2.34. The molecule has 0 bridgehead atoms. The van der Waals surface area contributed by atoms with Crippen LogP contribution in [0.25, 0.3) is 27.7 Å². The van der Waals surface area contributed by atoms with Crippen molar-refractivity contribution < 1.29 is 13.6 Å². The highest BCUT2D eigenvalue weighted by atomic mass is 19.1. The quantitative estimate of drug-likeness (QED) is 0.492. The van der Waals surface area contributed by atoms with Crippen molar-refractivity contribution in [1.29, 1.82) is 0 Å². The predicted octanol–water partition coefficient (Wildman–Crippen LogP) is 4.80. The van der Waals surface area contributed by atoms with Gasteiger partial charge in [0.25, 0.3) is 0 Å². The molecule has 2 aromatic heterocycles. The number of nitrogens with zero attached hydrogens (tertiary/aromatic N) is 4. The van der Waals surface area contributed by atoms with E-state index >= 15 is 8.78 Å². The first kappa shape index (κ1) is 18.5. The smallest absolute Gasteiger partial charge is 0.227 e. The Hall–Kier alpha value is -3.55. The normalized spacial score (nSPS) is 14.3. The molecule has 8 heteroatoms. The van der Waals surface area contributed by atoms with E-state index in [-0.39, 0.29) is 17.2 Å². The van der Waals surface area contributed by atoms with Crippen LogP contribution in [-0.2, 0) is 5.54 Å². The number of benzene rings is 2. The number of rotatable bonds is 1. The molecule has 0 aliphatic carbocycles. The molecule has 152 valence electrons. The Morgan fingerprint density at radius 3 is 2.67 bits per heavy atom. The maximum Gasteiger partial charge on any atom is 0.227 e. The van der Waals surface area contributed by atoms with Gasteiger partial charge in [-0.15, -0.1) is 10.2 Å². The molecule has 1 N–H and O–H groups in total. The largest absolute Gasteiger partial charge is 0.371 e. The lowest BCUT2D eigenvalue weighted by atomic mass is 9.95. The standard InChI is InChI=1S/C22H19F2N5O/c1-11-26-27-21-22(3,4)25-16-10-15(23)18(19(24)20(16)29(11)21)14-6-5-7-17-13(14)8-9-28(17)12(2)30/h5-10,25H,1-4H3. The Morgan fingerprint density at radius 1 is 1.17 bits per heavy atom. The number of nitrogens with one attached hydrogen (secondary N) is 1. The van der Waals surface area contributed by atoms with Crippen LogP contribution in [0.5, 0.6) is 0 Å². The predicted molar refractivity (Wildman–Crippen MR) is 110 cm³/mol. The average molecular weight is 407 g/mol. The van der Waals surface area contributed by atoms with Crippen molar-refractivity contribution in [2.45, 2.75) is 33.2 Å². The Labute approximate surface area is 171 Å². The first-order valence-electron chi connectivity index (χ1n) is 9.55. The number of fused-ring (bicyclic) bond motifs is 4. The summed E-state index contributed by atoms with van der Waals surface area (Å²) in [6, 6.07) is 8.09. The van der Waals surface area contributed by atoms with E-state index in [1.165, 1.54) is 17.6 Å². The third-order valence-electron chi connectivity index (χ3n) is 5.59. The SMILES string of the molecule is CC(=O)n1ccc2c(-c3c(F)cc4c(c3F)-n3c(C)nnc3C(C)(C)N4)cccc21. The van der Waals surface area contributed by atoms with Crippen molar-refractivity contribution in [3.8, 4) is 16.8 Å². The first-order chi connectivity index (χ1) is 14.2. The maximum atomic E-state index is 16.0. The highest BCUT2D eigenvalue weighted by Gasteiger charge is 2.37. The summed E-state index contributed by atoms with van der Waals surface area (Å²) in [5.74, 6) is -0.514. The van der Waals surface area contributed by atoms with E-state index in [0.29, 0.717) is 33.8 Å². The van der Waals surface area contributed by atoms with Crippen LogP contribution in [0.3, 0.4) is 0 Å². The Bertz CT molecular complexity index is 1370. The molecule has 0 saturated carbocycles. The number of anilines is 1. The molecule has 0 saturated heterocycles. The van der Waals surface area contributed by atoms with Crippen LogP contribution in [0.15, 0.2) is 36.5 Å². The fraction of sp³-hybridized carbons (Fsp3) is 0.227. The molecule has 3 heterocycles. The van der Waals surface area contributed by atoms with E-state index in [4.69, 9.17) is 0 Å². The molecular formula is C22H19F2N5O. The van der Waals surface area contributed by atoms with Crippen molar-refractivity contribution in [1.82, 2.24) is 19.3 Å². The second kappa shape index (κ2) is 5.98. The van der Waals surface area contributed by atoms with Gasteiger partial charge in [0.2, 0.25) is 5.91 Å². The zero-order valence-electron chi connectivity index (χ0n) is 16.9. The Kier molecular flexibility index (Phi) is 3.68. The minimum atomic E-state index is -0.708. The van der Waals surface area contributed by atoms with E-state index in [9.17, 15) is 4.79 Å². The molecular weight excluding hydrogens is 388 g/mol. The summed E-state index contributed by atoms with van der Waals surface area (Å²) in [5, 5.41) is 12.1. The molecule has 1 aliphatic rings. The summed E-state index contributed by atoms with van der Waals surface area (Å²) in [4.78, 5) is 11.9. The fourth-order valence-electron chi connectivity index (χ4n) is 4.26. The van der Waals surface area contributed by atoms with Crippen LogP contribution in [-0.4, -0.2) is 25.2 Å². The van der Waals surface area contributed by atoms with Gasteiger partial charge >= 0.3 is 0 Å². The average Bonchev–Trinajstić information content (AvgIpc) is 3.26. The maximum absolute atomic E-state index is 16.0. The van der Waals surface area contributed by atoms with Gasteiger partial charge in [0.15, 0.2) is 11.6 Å². The minimum Gasteiger partial charge on any atom is -0.371 e. The molecule has 5 rings (SSSR count). The van der Waals surface area contributed by atoms with Crippen molar-refractivity contribution in [2.24, 2.45) is 0 Å². The Morgan fingerprint density at radius 2 is 1.93 bits per heavy atom. The summed E-state index contributed by atoms with van der Waals surface area (Å²) in [6.45, 7) is 6.93. The second-order valence-electron chi connectivity index (χ2n) is 8.04. The molecule has 0 amide bonds. The number of aryl methyl sites for hydroxylation is 1. The molecule has 0 radical (unpaired) electrons. The summed E-state index contributed by atoms with van der Waals surface area (Å²) in [7, 11) is 0. The van der Waals surface area contributed by atoms with Crippen LogP contribution in [0.1, 0.15) is 37.2 Å². The van der Waals surface area contributed by atoms with Crippen molar-refractivity contribution in [3.63, 3.8) is 0 Å². The fourth-order valence-corrected chi connectivity index (χ4v) is 4.26. The first-order valence-corrected chi connectivity index (χ1v) is 9.55. The van der Waals surface area contributed by atoms with Gasteiger partial charge in [-0.3, -0.25) is 13.9 Å². The summed E-state index contributed by atoms with van der Waals surface area (Å²) in [6.07, 6.45) is 1.61. The lowest BCUT2D eigenvalue weighted by molar-refractivity contribution is 0.0941. The van der Waals surface area contributed by atoms with Gasteiger partial charge in [0, 0.05) is 24.6 Å². The third-order valence-corrected chi connectivity index (χ3v) is 5.59. The number of halogens is 2. The van der Waals surface area contributed by atoms with Gasteiger partial charge < -0.3 is 5.32 Å². The van der Waals surface area contributed by atoms with Gasteiger partial charge in [-0.1, -0.05) is 12.1 Å². The van der Waals surface area contributed by atoms with Gasteiger partial charge in [0.05, 0.1) is 22.3 Å². The van der Waals surface area contributed by atoms with Crippen LogP contribution in [0.2, 0.25) is 0 Å². The van der Waals surface area contributed by atoms with Gasteiger partial charge in [0.1, 0.15) is 17.3 Å². The molecule has 0 spiro atoms. The lowest BCUT2D eigenvalue weighted by Crippen LogP contribution is -2.36. The van der Waals surface area contributed by atoms with E-state index in [1.54, 1.807) is 42.0 Å². The zero-order chi connectivity index (χ0) is 21.4. The molecule has 2 aromatic carbocycles. The van der Waals surface area contributed by atoms with Crippen LogP contribution >= 0.6 is 0 Å². The number of aromatic nitrogens is 4. The number of hydrogen-bond acceptors (Lipinski definition) is 4. The minimum absolute atomic E-state index is 0.152. The number of carbonyl (C=O) groups is 1. The molecule has 0 atom stereocenters. The third kappa shape index (κ3) is 2.36. The van der Waals surface area contributed by atoms with Crippen LogP contribution in [0.4, 0.5) is 14.5 Å². The zero-order valence-corrected chi connectivity index (χ0v) is 16.9. The Balaban J connectivity index is 1.84. The topological polar surface area (TPSA) is 64.7 Å². The summed E-state index contributed by atoms with van der Waals surface area (Å²) < 4.78 is 34.3. The second-order valence-corrected chi connectivity index (χ2v) is 8.04. The highest BCUT2D eigenvalue weighted by Crippen LogP contribution is 2.43. The summed E-state index contributed by atoms with van der Waals surface area (Å²) in [5.41, 5.74) is 0.697. The summed E-state index contributed by atoms with van der Waals surface area (Å²) >= 11 is 0. The molecule has 0 fully saturated rings. The van der Waals surface area contributed by atoms with Crippen LogP contribution < -0.4 is 5.32 Å². The van der Waals surface area contributed by atoms with Crippen molar-refractivity contribution in [3.05, 3.63) is 59.8 Å². The van der Waals surface area contributed by atoms with Gasteiger partial charge in [-0.25, -0.2) is 8.78 Å². The number of hydrogen-bond donors (Lipinski definition) is 1. The molecule has 4 aromatic rings. The van der Waals surface area contributed by atoms with E-state index in [0.717, 1.165) is 0 Å². The van der Waals surface area contributed by atoms with E-state index < -0.39 is 17.2 Å². The van der Waals surface area contributed by atoms with Gasteiger partial charge in [-0.05, 0) is 38.5 Å². The molecule has 1 aliphatic heterocycles. The molecule has 0 unspecified atom stereocenters.